The maximum atomic E-state index is 11.7. The Balaban J connectivity index is 3.03. The van der Waals surface area contributed by atoms with Gasteiger partial charge in [-0.2, -0.15) is 0 Å². The van der Waals surface area contributed by atoms with Crippen molar-refractivity contribution in [3.05, 3.63) is 48.6 Å². The van der Waals surface area contributed by atoms with Crippen LogP contribution in [0.4, 0.5) is 5.69 Å². The van der Waals surface area contributed by atoms with E-state index >= 15 is 0 Å². The lowest BCUT2D eigenvalue weighted by Crippen LogP contribution is -2.31. The first-order valence-corrected chi connectivity index (χ1v) is 5.94. The summed E-state index contributed by atoms with van der Waals surface area (Å²) in [6.45, 7) is 7.56. The minimum Gasteiger partial charge on any atom is -0.401 e. The predicted octanol–water partition coefficient (Wildman–Crippen LogP) is 2.01. The molecule has 0 aromatic carbocycles. The zero-order chi connectivity index (χ0) is 14.3. The highest BCUT2D eigenvalue weighted by molar-refractivity contribution is 5.94. The van der Waals surface area contributed by atoms with Crippen LogP contribution in [-0.4, -0.2) is 28.6 Å². The molecule has 19 heavy (non-hydrogen) atoms. The Morgan fingerprint density at radius 2 is 2.37 bits per heavy atom. The summed E-state index contributed by atoms with van der Waals surface area (Å²) in [7, 11) is 0. The second-order valence-corrected chi connectivity index (χ2v) is 3.82. The van der Waals surface area contributed by atoms with Gasteiger partial charge in [0.2, 0.25) is 5.91 Å². The number of amides is 1. The maximum absolute atomic E-state index is 11.7. The van der Waals surface area contributed by atoms with Crippen LogP contribution in [0, 0.1) is 0 Å². The molecule has 5 nitrogen and oxygen atoms in total. The molecule has 1 amide bonds. The lowest BCUT2D eigenvalue weighted by Gasteiger charge is -2.21. The van der Waals surface area contributed by atoms with Gasteiger partial charge in [0, 0.05) is 18.4 Å². The largest absolute Gasteiger partial charge is 0.401 e. The predicted molar refractivity (Wildman–Crippen MR) is 76.9 cm³/mol. The molecule has 1 heterocycles. The smallest absolute Gasteiger partial charge is 0.250 e. The number of allylic oxidation sites excluding steroid dienone is 2. The highest BCUT2D eigenvalue weighted by Gasteiger charge is 2.13. The number of nitrogens with zero attached hydrogens (tertiary/aromatic N) is 3. The average molecular weight is 258 g/mol. The molecule has 0 radical (unpaired) electrons. The van der Waals surface area contributed by atoms with Crippen LogP contribution in [0.3, 0.4) is 0 Å². The van der Waals surface area contributed by atoms with E-state index in [0.29, 0.717) is 23.6 Å². The Morgan fingerprint density at radius 1 is 1.63 bits per heavy atom. The van der Waals surface area contributed by atoms with Crippen LogP contribution in [0.15, 0.2) is 53.6 Å². The number of carbonyl (C=O) groups excluding carboxylic acids is 1. The van der Waals surface area contributed by atoms with Crippen molar-refractivity contribution in [1.29, 1.82) is 0 Å². The number of hydrogen-bond donors (Lipinski definition) is 1. The van der Waals surface area contributed by atoms with Crippen LogP contribution in [0.25, 0.3) is 0 Å². The van der Waals surface area contributed by atoms with Crippen LogP contribution >= 0.6 is 0 Å². The molecule has 0 unspecified atom stereocenters. The van der Waals surface area contributed by atoms with Crippen LogP contribution in [0.1, 0.15) is 13.8 Å². The average Bonchev–Trinajstić information content (AvgIpc) is 2.43. The molecule has 1 aromatic rings. The van der Waals surface area contributed by atoms with Gasteiger partial charge in [-0.25, -0.2) is 0 Å². The molecule has 0 saturated carbocycles. The molecule has 0 atom stereocenters. The molecular formula is C14H18N4O. The number of likely N-dealkylation sites (N-methyl/N-ethyl adjacent to an activating group) is 1. The van der Waals surface area contributed by atoms with Crippen LogP contribution in [0.2, 0.25) is 0 Å². The van der Waals surface area contributed by atoms with E-state index in [1.54, 1.807) is 31.6 Å². The lowest BCUT2D eigenvalue weighted by molar-refractivity contribution is -0.123. The number of aliphatic imine (C=N–C) groups is 1. The van der Waals surface area contributed by atoms with Gasteiger partial charge in [0.25, 0.3) is 0 Å². The molecule has 0 aliphatic rings. The van der Waals surface area contributed by atoms with Gasteiger partial charge in [0.1, 0.15) is 0 Å². The highest BCUT2D eigenvalue weighted by Crippen LogP contribution is 2.11. The van der Waals surface area contributed by atoms with Crippen molar-refractivity contribution < 1.29 is 4.79 Å². The number of aromatic nitrogens is 1. The third-order valence-corrected chi connectivity index (χ3v) is 2.43. The monoisotopic (exact) mass is 258 g/mol. The Hall–Kier alpha value is -2.43. The fourth-order valence-electron chi connectivity index (χ4n) is 1.51. The van der Waals surface area contributed by atoms with Crippen molar-refractivity contribution in [3.8, 4) is 0 Å². The van der Waals surface area contributed by atoms with Crippen molar-refractivity contribution in [2.45, 2.75) is 13.8 Å². The van der Waals surface area contributed by atoms with Crippen molar-refractivity contribution in [2.75, 3.05) is 6.54 Å². The van der Waals surface area contributed by atoms with E-state index in [1.165, 1.54) is 11.0 Å². The first kappa shape index (κ1) is 14.6. The molecular weight excluding hydrogens is 240 g/mol. The number of nitrogens with two attached hydrogens (primary N) is 1. The SMILES string of the molecule is C=CC(=O)N(CC)C(C=Nc1cccnc1)=C(C)N. The van der Waals surface area contributed by atoms with Gasteiger partial charge in [-0.3, -0.25) is 14.8 Å². The van der Waals surface area contributed by atoms with Crippen molar-refractivity contribution in [3.63, 3.8) is 0 Å². The van der Waals surface area contributed by atoms with Crippen LogP contribution in [0.5, 0.6) is 0 Å². The van der Waals surface area contributed by atoms with Gasteiger partial charge in [-0.15, -0.1) is 0 Å². The Labute approximate surface area is 113 Å². The Bertz CT molecular complexity index is 501. The van der Waals surface area contributed by atoms with Gasteiger partial charge >= 0.3 is 0 Å². The van der Waals surface area contributed by atoms with Crippen molar-refractivity contribution in [1.82, 2.24) is 9.88 Å². The number of carbonyl (C=O) groups is 1. The van der Waals surface area contributed by atoms with Crippen LogP contribution < -0.4 is 5.73 Å². The van der Waals surface area contributed by atoms with E-state index < -0.39 is 0 Å². The summed E-state index contributed by atoms with van der Waals surface area (Å²) < 4.78 is 0. The van der Waals surface area contributed by atoms with E-state index in [1.807, 2.05) is 13.0 Å². The fraction of sp³-hybridized carbons (Fsp3) is 0.214. The number of rotatable bonds is 5. The van der Waals surface area contributed by atoms with E-state index in [9.17, 15) is 4.79 Å². The summed E-state index contributed by atoms with van der Waals surface area (Å²) in [4.78, 5) is 21.5. The molecule has 0 spiro atoms. The summed E-state index contributed by atoms with van der Waals surface area (Å²) in [6, 6.07) is 3.61. The lowest BCUT2D eigenvalue weighted by atomic mass is 10.3. The quantitative estimate of drug-likeness (QED) is 0.648. The van der Waals surface area contributed by atoms with E-state index in [4.69, 9.17) is 5.73 Å². The van der Waals surface area contributed by atoms with Gasteiger partial charge in [0.05, 0.1) is 23.8 Å². The maximum Gasteiger partial charge on any atom is 0.250 e. The van der Waals surface area contributed by atoms with Gasteiger partial charge in [-0.05, 0) is 32.1 Å². The molecule has 5 heteroatoms. The van der Waals surface area contributed by atoms with Crippen LogP contribution in [-0.2, 0) is 4.79 Å². The molecule has 0 saturated heterocycles. The van der Waals surface area contributed by atoms with Gasteiger partial charge < -0.3 is 10.6 Å². The normalized spacial score (nSPS) is 12.1. The topological polar surface area (TPSA) is 71.6 Å². The minimum absolute atomic E-state index is 0.208. The molecule has 2 N–H and O–H groups in total. The first-order chi connectivity index (χ1) is 9.10. The first-order valence-electron chi connectivity index (χ1n) is 5.94. The minimum atomic E-state index is -0.208. The highest BCUT2D eigenvalue weighted by atomic mass is 16.2. The van der Waals surface area contributed by atoms with Gasteiger partial charge in [-0.1, -0.05) is 6.58 Å². The van der Waals surface area contributed by atoms with Gasteiger partial charge in [0.15, 0.2) is 0 Å². The summed E-state index contributed by atoms with van der Waals surface area (Å²) in [6.07, 6.45) is 6.12. The van der Waals surface area contributed by atoms with E-state index in [-0.39, 0.29) is 5.91 Å². The standard InChI is InChI=1S/C14H18N4O/c1-4-14(19)18(5-2)13(11(3)15)10-17-12-7-6-8-16-9-12/h4,6-10H,1,5,15H2,2-3H3. The molecule has 100 valence electrons. The third kappa shape index (κ3) is 4.06. The summed E-state index contributed by atoms with van der Waals surface area (Å²) in [5.41, 5.74) is 7.60. The molecule has 1 rings (SSSR count). The molecule has 1 aromatic heterocycles. The molecule has 0 aliphatic carbocycles. The third-order valence-electron chi connectivity index (χ3n) is 2.43. The second kappa shape index (κ2) is 7.10. The summed E-state index contributed by atoms with van der Waals surface area (Å²) in [5.74, 6) is -0.208. The zero-order valence-electron chi connectivity index (χ0n) is 11.2. The zero-order valence-corrected chi connectivity index (χ0v) is 11.2. The van der Waals surface area contributed by atoms with E-state index in [0.717, 1.165) is 0 Å². The Morgan fingerprint density at radius 3 is 2.84 bits per heavy atom. The van der Waals surface area contributed by atoms with Crippen molar-refractivity contribution >= 4 is 17.8 Å². The molecule has 0 bridgehead atoms. The summed E-state index contributed by atoms with van der Waals surface area (Å²) in [5, 5.41) is 0. The fourth-order valence-corrected chi connectivity index (χ4v) is 1.51. The molecule has 0 fully saturated rings. The number of pyridine rings is 1. The number of hydrogen-bond acceptors (Lipinski definition) is 4. The Kier molecular flexibility index (Phi) is 5.47. The van der Waals surface area contributed by atoms with Crippen molar-refractivity contribution in [2.24, 2.45) is 10.7 Å². The molecule has 0 aliphatic heterocycles. The second-order valence-electron chi connectivity index (χ2n) is 3.82. The van der Waals surface area contributed by atoms with E-state index in [2.05, 4.69) is 16.6 Å². The summed E-state index contributed by atoms with van der Waals surface area (Å²) >= 11 is 0.